The van der Waals surface area contributed by atoms with E-state index in [2.05, 4.69) is 10.6 Å². The van der Waals surface area contributed by atoms with Gasteiger partial charge in [-0.15, -0.1) is 0 Å². The third-order valence-corrected chi connectivity index (χ3v) is 2.87. The van der Waals surface area contributed by atoms with Crippen LogP contribution < -0.4 is 10.6 Å². The van der Waals surface area contributed by atoms with E-state index in [1.165, 1.54) is 6.42 Å². The Kier molecular flexibility index (Phi) is 4.99. The third kappa shape index (κ3) is 4.94. The third-order valence-electron chi connectivity index (χ3n) is 2.87. The van der Waals surface area contributed by atoms with Gasteiger partial charge in [0.05, 0.1) is 0 Å². The zero-order valence-electron chi connectivity index (χ0n) is 11.7. The largest absolute Gasteiger partial charge is 0.444 e. The highest BCUT2D eigenvalue weighted by Gasteiger charge is 2.26. The molecule has 0 radical (unpaired) electrons. The summed E-state index contributed by atoms with van der Waals surface area (Å²) in [5, 5.41) is 5.53. The predicted molar refractivity (Wildman–Crippen MR) is 69.2 cm³/mol. The zero-order chi connectivity index (χ0) is 13.8. The van der Waals surface area contributed by atoms with E-state index in [0.29, 0.717) is 6.42 Å². The Bertz CT molecular complexity index is 306. The van der Waals surface area contributed by atoms with Crippen molar-refractivity contribution in [2.45, 2.75) is 71.1 Å². The van der Waals surface area contributed by atoms with Crippen LogP contribution in [0.25, 0.3) is 0 Å². The molecule has 1 atom stereocenters. The van der Waals surface area contributed by atoms with Crippen molar-refractivity contribution < 1.29 is 14.3 Å². The smallest absolute Gasteiger partial charge is 0.408 e. The molecule has 0 heterocycles. The number of amides is 2. The molecule has 1 fully saturated rings. The quantitative estimate of drug-likeness (QED) is 0.808. The van der Waals surface area contributed by atoms with Crippen LogP contribution in [0.5, 0.6) is 0 Å². The maximum atomic E-state index is 11.9. The molecule has 1 aliphatic rings. The van der Waals surface area contributed by atoms with Gasteiger partial charge in [-0.2, -0.15) is 0 Å². The Morgan fingerprint density at radius 3 is 2.33 bits per heavy atom. The van der Waals surface area contributed by atoms with Gasteiger partial charge in [0, 0.05) is 6.04 Å². The topological polar surface area (TPSA) is 67.4 Å². The van der Waals surface area contributed by atoms with E-state index in [-0.39, 0.29) is 11.9 Å². The van der Waals surface area contributed by atoms with Gasteiger partial charge in [-0.1, -0.05) is 6.92 Å². The number of hydrogen-bond acceptors (Lipinski definition) is 3. The van der Waals surface area contributed by atoms with Gasteiger partial charge >= 0.3 is 6.09 Å². The van der Waals surface area contributed by atoms with Crippen molar-refractivity contribution >= 4 is 12.0 Å². The van der Waals surface area contributed by atoms with Crippen molar-refractivity contribution in [2.24, 2.45) is 0 Å². The molecule has 5 nitrogen and oxygen atoms in total. The van der Waals surface area contributed by atoms with Gasteiger partial charge in [0.1, 0.15) is 11.6 Å². The first kappa shape index (κ1) is 14.8. The molecular formula is C13H24N2O3. The van der Waals surface area contributed by atoms with Crippen LogP contribution in [0.15, 0.2) is 0 Å². The fourth-order valence-electron chi connectivity index (χ4n) is 1.66. The van der Waals surface area contributed by atoms with Crippen molar-refractivity contribution in [3.8, 4) is 0 Å². The van der Waals surface area contributed by atoms with Gasteiger partial charge in [0.15, 0.2) is 0 Å². The molecule has 0 aromatic carbocycles. The van der Waals surface area contributed by atoms with E-state index in [4.69, 9.17) is 4.74 Å². The summed E-state index contributed by atoms with van der Waals surface area (Å²) in [6.45, 7) is 7.24. The SMILES string of the molecule is CC[C@@H](NC(=O)OC(C)(C)C)C(=O)NC1CCC1. The molecule has 1 saturated carbocycles. The molecule has 0 unspecified atom stereocenters. The maximum Gasteiger partial charge on any atom is 0.408 e. The summed E-state index contributed by atoms with van der Waals surface area (Å²) in [6, 6.07) is -0.229. The number of nitrogens with one attached hydrogen (secondary N) is 2. The van der Waals surface area contributed by atoms with Crippen LogP contribution in [0.4, 0.5) is 4.79 Å². The summed E-state index contributed by atoms with van der Waals surface area (Å²) in [5.41, 5.74) is -0.549. The van der Waals surface area contributed by atoms with Crippen molar-refractivity contribution in [1.29, 1.82) is 0 Å². The summed E-state index contributed by atoms with van der Waals surface area (Å²) >= 11 is 0. The fourth-order valence-corrected chi connectivity index (χ4v) is 1.66. The van der Waals surface area contributed by atoms with Crippen LogP contribution in [0.2, 0.25) is 0 Å². The van der Waals surface area contributed by atoms with Crippen LogP contribution in [0.3, 0.4) is 0 Å². The highest BCUT2D eigenvalue weighted by Crippen LogP contribution is 2.18. The first-order valence-corrected chi connectivity index (χ1v) is 6.61. The number of carbonyl (C=O) groups is 2. The van der Waals surface area contributed by atoms with Crippen LogP contribution in [0.1, 0.15) is 53.4 Å². The summed E-state index contributed by atoms with van der Waals surface area (Å²) in [5.74, 6) is -0.118. The number of hydrogen-bond donors (Lipinski definition) is 2. The van der Waals surface area contributed by atoms with Gasteiger partial charge in [-0.05, 0) is 46.5 Å². The molecule has 1 rings (SSSR count). The molecule has 0 aromatic heterocycles. The Morgan fingerprint density at radius 1 is 1.33 bits per heavy atom. The van der Waals surface area contributed by atoms with E-state index < -0.39 is 17.7 Å². The highest BCUT2D eigenvalue weighted by atomic mass is 16.6. The minimum Gasteiger partial charge on any atom is -0.444 e. The van der Waals surface area contributed by atoms with E-state index in [0.717, 1.165) is 12.8 Å². The zero-order valence-corrected chi connectivity index (χ0v) is 11.7. The summed E-state index contributed by atoms with van der Waals surface area (Å²) in [6.07, 6.45) is 3.25. The fraction of sp³-hybridized carbons (Fsp3) is 0.846. The van der Waals surface area contributed by atoms with E-state index in [1.807, 2.05) is 6.92 Å². The summed E-state index contributed by atoms with van der Waals surface area (Å²) < 4.78 is 5.14. The van der Waals surface area contributed by atoms with Crippen LogP contribution in [-0.2, 0) is 9.53 Å². The molecule has 2 amide bonds. The number of alkyl carbamates (subject to hydrolysis) is 1. The lowest BCUT2D eigenvalue weighted by molar-refractivity contribution is -0.124. The van der Waals surface area contributed by atoms with Crippen LogP contribution in [-0.4, -0.2) is 29.7 Å². The molecule has 0 aliphatic heterocycles. The first-order valence-electron chi connectivity index (χ1n) is 6.61. The summed E-state index contributed by atoms with van der Waals surface area (Å²) in [4.78, 5) is 23.5. The van der Waals surface area contributed by atoms with Crippen molar-refractivity contribution in [3.05, 3.63) is 0 Å². The van der Waals surface area contributed by atoms with Crippen molar-refractivity contribution in [2.75, 3.05) is 0 Å². The molecule has 0 spiro atoms. The molecule has 0 saturated heterocycles. The van der Waals surface area contributed by atoms with Gasteiger partial charge in [-0.3, -0.25) is 4.79 Å². The predicted octanol–water partition coefficient (Wildman–Crippen LogP) is 1.96. The molecule has 5 heteroatoms. The average molecular weight is 256 g/mol. The average Bonchev–Trinajstić information content (AvgIpc) is 2.17. The Labute approximate surface area is 109 Å². The Morgan fingerprint density at radius 2 is 1.94 bits per heavy atom. The second-order valence-corrected chi connectivity index (χ2v) is 5.74. The van der Waals surface area contributed by atoms with Gasteiger partial charge in [-0.25, -0.2) is 4.79 Å². The number of carbonyl (C=O) groups excluding carboxylic acids is 2. The first-order chi connectivity index (χ1) is 8.31. The summed E-state index contributed by atoms with van der Waals surface area (Å²) in [7, 11) is 0. The van der Waals surface area contributed by atoms with Crippen molar-refractivity contribution in [3.63, 3.8) is 0 Å². The van der Waals surface area contributed by atoms with Crippen molar-refractivity contribution in [1.82, 2.24) is 10.6 Å². The molecule has 2 N–H and O–H groups in total. The number of rotatable bonds is 4. The Balaban J connectivity index is 2.39. The minimum atomic E-state index is -0.549. The molecule has 0 aromatic rings. The second-order valence-electron chi connectivity index (χ2n) is 5.74. The maximum absolute atomic E-state index is 11.9. The van der Waals surface area contributed by atoms with E-state index in [9.17, 15) is 9.59 Å². The standard InChI is InChI=1S/C13H24N2O3/c1-5-10(11(16)14-9-7-6-8-9)15-12(17)18-13(2,3)4/h9-10H,5-8H2,1-4H3,(H,14,16)(H,15,17)/t10-/m1/s1. The lowest BCUT2D eigenvalue weighted by atomic mass is 9.93. The normalized spacial score (nSPS) is 17.6. The molecular weight excluding hydrogens is 232 g/mol. The highest BCUT2D eigenvalue weighted by molar-refractivity contribution is 5.85. The molecule has 1 aliphatic carbocycles. The molecule has 0 bridgehead atoms. The second kappa shape index (κ2) is 6.07. The van der Waals surface area contributed by atoms with Crippen LogP contribution >= 0.6 is 0 Å². The lowest BCUT2D eigenvalue weighted by Gasteiger charge is -2.29. The van der Waals surface area contributed by atoms with Gasteiger partial charge < -0.3 is 15.4 Å². The minimum absolute atomic E-state index is 0.118. The lowest BCUT2D eigenvalue weighted by Crippen LogP contribution is -2.51. The molecule has 18 heavy (non-hydrogen) atoms. The van der Waals surface area contributed by atoms with Gasteiger partial charge in [0.25, 0.3) is 0 Å². The Hall–Kier alpha value is -1.26. The van der Waals surface area contributed by atoms with E-state index in [1.54, 1.807) is 20.8 Å². The van der Waals surface area contributed by atoms with E-state index >= 15 is 0 Å². The van der Waals surface area contributed by atoms with Gasteiger partial charge in [0.2, 0.25) is 5.91 Å². The number of ether oxygens (including phenoxy) is 1. The monoisotopic (exact) mass is 256 g/mol. The molecule has 104 valence electrons. The van der Waals surface area contributed by atoms with Crippen LogP contribution in [0, 0.1) is 0 Å².